The number of primary amides is 1. The van der Waals surface area contributed by atoms with Gasteiger partial charge in [0.25, 0.3) is 0 Å². The molecule has 0 aliphatic heterocycles. The summed E-state index contributed by atoms with van der Waals surface area (Å²) in [6.07, 6.45) is 4.48. The Labute approximate surface area is 114 Å². The number of rotatable bonds is 6. The standard InChI is InChI=1S/C8H11NO2.C6H13NO/c9-4-3-6-1-2-7(10)8(11)5-6;1-2-3-4-5-6(7)8/h1-2,5,10-11H,3-4,9H2;2-5H2,1H3,(H2,7,8). The van der Waals surface area contributed by atoms with Gasteiger partial charge in [0.1, 0.15) is 0 Å². The number of hydrogen-bond acceptors (Lipinski definition) is 4. The van der Waals surface area contributed by atoms with E-state index in [-0.39, 0.29) is 17.4 Å². The molecule has 0 bridgehead atoms. The van der Waals surface area contributed by atoms with Crippen LogP contribution in [0.4, 0.5) is 0 Å². The summed E-state index contributed by atoms with van der Waals surface area (Å²) >= 11 is 0. The molecule has 5 nitrogen and oxygen atoms in total. The Morgan fingerprint density at radius 2 is 1.89 bits per heavy atom. The number of hydrogen-bond donors (Lipinski definition) is 4. The summed E-state index contributed by atoms with van der Waals surface area (Å²) in [6.45, 7) is 2.64. The van der Waals surface area contributed by atoms with Gasteiger partial charge in [0.2, 0.25) is 5.91 Å². The molecule has 0 saturated carbocycles. The fourth-order valence-corrected chi connectivity index (χ4v) is 1.44. The zero-order chi connectivity index (χ0) is 14.7. The molecule has 0 atom stereocenters. The van der Waals surface area contributed by atoms with Gasteiger partial charge in [-0.2, -0.15) is 0 Å². The lowest BCUT2D eigenvalue weighted by Crippen LogP contribution is -2.09. The van der Waals surface area contributed by atoms with Crippen molar-refractivity contribution in [2.24, 2.45) is 11.5 Å². The Bertz CT molecular complexity index is 381. The number of unbranched alkanes of at least 4 members (excludes halogenated alkanes) is 2. The molecule has 0 radical (unpaired) electrons. The van der Waals surface area contributed by atoms with Gasteiger partial charge in [0.05, 0.1) is 0 Å². The third-order valence-electron chi connectivity index (χ3n) is 2.50. The van der Waals surface area contributed by atoms with Crippen LogP contribution in [-0.4, -0.2) is 22.7 Å². The second kappa shape index (κ2) is 10.2. The van der Waals surface area contributed by atoms with Gasteiger partial charge in [-0.25, -0.2) is 0 Å². The van der Waals surface area contributed by atoms with Crippen LogP contribution in [0.15, 0.2) is 18.2 Å². The first kappa shape index (κ1) is 17.2. The van der Waals surface area contributed by atoms with Gasteiger partial charge in [-0.3, -0.25) is 4.79 Å². The average molecular weight is 268 g/mol. The third-order valence-corrected chi connectivity index (χ3v) is 2.50. The molecule has 5 heteroatoms. The lowest BCUT2D eigenvalue weighted by Gasteiger charge is -2.00. The zero-order valence-electron chi connectivity index (χ0n) is 11.4. The van der Waals surface area contributed by atoms with Crippen molar-refractivity contribution in [1.29, 1.82) is 0 Å². The van der Waals surface area contributed by atoms with E-state index in [1.54, 1.807) is 6.07 Å². The smallest absolute Gasteiger partial charge is 0.217 e. The average Bonchev–Trinajstić information content (AvgIpc) is 2.35. The molecule has 1 aromatic carbocycles. The Hall–Kier alpha value is -1.75. The first-order chi connectivity index (χ1) is 9.01. The van der Waals surface area contributed by atoms with Crippen LogP contribution < -0.4 is 11.5 Å². The monoisotopic (exact) mass is 268 g/mol. The number of nitrogens with two attached hydrogens (primary N) is 2. The Kier molecular flexibility index (Phi) is 9.26. The highest BCUT2D eigenvalue weighted by molar-refractivity contribution is 5.73. The maximum atomic E-state index is 10.1. The number of benzene rings is 1. The molecule has 108 valence electrons. The van der Waals surface area contributed by atoms with E-state index < -0.39 is 0 Å². The Morgan fingerprint density at radius 3 is 2.37 bits per heavy atom. The van der Waals surface area contributed by atoms with E-state index in [4.69, 9.17) is 21.7 Å². The molecule has 0 aromatic heterocycles. The summed E-state index contributed by atoms with van der Waals surface area (Å²) in [6, 6.07) is 4.71. The van der Waals surface area contributed by atoms with Crippen molar-refractivity contribution in [3.05, 3.63) is 23.8 Å². The number of carbonyl (C=O) groups excluding carboxylic acids is 1. The van der Waals surface area contributed by atoms with Crippen LogP contribution in [0.1, 0.15) is 38.2 Å². The quantitative estimate of drug-likeness (QED) is 0.464. The fourth-order valence-electron chi connectivity index (χ4n) is 1.44. The van der Waals surface area contributed by atoms with Crippen molar-refractivity contribution < 1.29 is 15.0 Å². The zero-order valence-corrected chi connectivity index (χ0v) is 11.4. The molecule has 1 aromatic rings. The van der Waals surface area contributed by atoms with Crippen LogP contribution in [-0.2, 0) is 11.2 Å². The summed E-state index contributed by atoms with van der Waals surface area (Å²) in [4.78, 5) is 10.1. The normalized spacial score (nSPS) is 9.58. The molecule has 6 N–H and O–H groups in total. The van der Waals surface area contributed by atoms with Crippen LogP contribution in [0.25, 0.3) is 0 Å². The number of carbonyl (C=O) groups is 1. The summed E-state index contributed by atoms with van der Waals surface area (Å²) < 4.78 is 0. The predicted molar refractivity (Wildman–Crippen MR) is 75.9 cm³/mol. The fraction of sp³-hybridized carbons (Fsp3) is 0.500. The van der Waals surface area contributed by atoms with Gasteiger partial charge in [-0.15, -0.1) is 0 Å². The highest BCUT2D eigenvalue weighted by Crippen LogP contribution is 2.24. The summed E-state index contributed by atoms with van der Waals surface area (Å²) in [5.41, 5.74) is 11.1. The third kappa shape index (κ3) is 8.90. The molecule has 0 spiro atoms. The number of phenolic OH excluding ortho intramolecular Hbond substituents is 2. The van der Waals surface area contributed by atoms with Gasteiger partial charge in [0, 0.05) is 6.42 Å². The molecule has 19 heavy (non-hydrogen) atoms. The molecule has 1 rings (SSSR count). The van der Waals surface area contributed by atoms with Crippen molar-refractivity contribution in [3.63, 3.8) is 0 Å². The second-order valence-electron chi connectivity index (χ2n) is 4.29. The number of phenols is 2. The van der Waals surface area contributed by atoms with Crippen LogP contribution in [0, 0.1) is 0 Å². The minimum atomic E-state index is -0.182. The first-order valence-electron chi connectivity index (χ1n) is 6.50. The van der Waals surface area contributed by atoms with Crippen molar-refractivity contribution in [2.75, 3.05) is 6.54 Å². The van der Waals surface area contributed by atoms with E-state index in [2.05, 4.69) is 6.92 Å². The van der Waals surface area contributed by atoms with Crippen molar-refractivity contribution >= 4 is 5.91 Å². The van der Waals surface area contributed by atoms with E-state index in [9.17, 15) is 4.79 Å². The molecule has 0 aliphatic carbocycles. The molecular weight excluding hydrogens is 244 g/mol. The lowest BCUT2D eigenvalue weighted by molar-refractivity contribution is -0.118. The van der Waals surface area contributed by atoms with E-state index in [0.717, 1.165) is 24.8 Å². The van der Waals surface area contributed by atoms with E-state index in [0.29, 0.717) is 19.4 Å². The van der Waals surface area contributed by atoms with E-state index in [1.165, 1.54) is 12.1 Å². The maximum absolute atomic E-state index is 10.1. The van der Waals surface area contributed by atoms with Crippen LogP contribution in [0.2, 0.25) is 0 Å². The van der Waals surface area contributed by atoms with Crippen LogP contribution in [0.5, 0.6) is 11.5 Å². The van der Waals surface area contributed by atoms with Gasteiger partial charge in [-0.05, 0) is 37.1 Å². The molecule has 0 unspecified atom stereocenters. The number of aromatic hydroxyl groups is 2. The van der Waals surface area contributed by atoms with Gasteiger partial charge >= 0.3 is 0 Å². The largest absolute Gasteiger partial charge is 0.504 e. The van der Waals surface area contributed by atoms with Crippen molar-refractivity contribution in [1.82, 2.24) is 0 Å². The highest BCUT2D eigenvalue weighted by Gasteiger charge is 1.98. The van der Waals surface area contributed by atoms with Gasteiger partial charge in [-0.1, -0.05) is 25.8 Å². The van der Waals surface area contributed by atoms with E-state index >= 15 is 0 Å². The molecular formula is C14H24N2O3. The minimum absolute atomic E-state index is 0.0871. The summed E-state index contributed by atoms with van der Waals surface area (Å²) in [5, 5.41) is 18.0. The minimum Gasteiger partial charge on any atom is -0.504 e. The van der Waals surface area contributed by atoms with Crippen molar-refractivity contribution in [2.45, 2.75) is 39.0 Å². The highest BCUT2D eigenvalue weighted by atomic mass is 16.3. The van der Waals surface area contributed by atoms with Gasteiger partial charge < -0.3 is 21.7 Å². The topological polar surface area (TPSA) is 110 Å². The molecule has 0 aliphatic rings. The second-order valence-corrected chi connectivity index (χ2v) is 4.29. The lowest BCUT2D eigenvalue weighted by atomic mass is 10.1. The molecule has 0 fully saturated rings. The van der Waals surface area contributed by atoms with Crippen LogP contribution >= 0.6 is 0 Å². The van der Waals surface area contributed by atoms with Crippen LogP contribution in [0.3, 0.4) is 0 Å². The molecule has 0 heterocycles. The Morgan fingerprint density at radius 1 is 1.21 bits per heavy atom. The summed E-state index contributed by atoms with van der Waals surface area (Å²) in [5.74, 6) is -0.361. The Balaban J connectivity index is 0.000000362. The predicted octanol–water partition coefficient (Wildman–Crippen LogP) is 1.65. The maximum Gasteiger partial charge on any atom is 0.217 e. The summed E-state index contributed by atoms with van der Waals surface area (Å²) in [7, 11) is 0. The van der Waals surface area contributed by atoms with Gasteiger partial charge in [0.15, 0.2) is 11.5 Å². The van der Waals surface area contributed by atoms with Crippen molar-refractivity contribution in [3.8, 4) is 11.5 Å². The molecule has 0 saturated heterocycles. The number of amides is 1. The molecule has 1 amide bonds. The first-order valence-corrected chi connectivity index (χ1v) is 6.50. The SMILES string of the molecule is CCCCCC(N)=O.NCCc1ccc(O)c(O)c1. The van der Waals surface area contributed by atoms with E-state index in [1.807, 2.05) is 0 Å².